The molecule has 1 saturated heterocycles. The third-order valence-corrected chi connectivity index (χ3v) is 5.64. The first-order chi connectivity index (χ1) is 15.5. The van der Waals surface area contributed by atoms with Gasteiger partial charge in [-0.05, 0) is 19.8 Å². The molecule has 0 bridgehead atoms. The number of ether oxygens (including phenoxy) is 1. The fourth-order valence-corrected chi connectivity index (χ4v) is 3.77. The number of rotatable bonds is 7. The van der Waals surface area contributed by atoms with Gasteiger partial charge in [-0.2, -0.15) is 10.4 Å². The van der Waals surface area contributed by atoms with Crippen LogP contribution in [0.3, 0.4) is 0 Å². The molecule has 0 saturated carbocycles. The fraction of sp³-hybridized carbons (Fsp3) is 0.348. The highest BCUT2D eigenvalue weighted by molar-refractivity contribution is 6.32. The average molecular weight is 451 g/mol. The molecule has 1 aliphatic rings. The second kappa shape index (κ2) is 9.90. The Kier molecular flexibility index (Phi) is 6.78. The lowest BCUT2D eigenvalue weighted by Crippen LogP contribution is -2.19. The van der Waals surface area contributed by atoms with Crippen LogP contribution < -0.4 is 5.32 Å². The number of nitriles is 1. The number of nitrogens with zero attached hydrogens (tertiary/aromatic N) is 5. The quantitative estimate of drug-likeness (QED) is 0.514. The van der Waals surface area contributed by atoms with Gasteiger partial charge in [-0.15, -0.1) is 0 Å². The highest BCUT2D eigenvalue weighted by Crippen LogP contribution is 2.28. The molecular weight excluding hydrogens is 428 g/mol. The lowest BCUT2D eigenvalue weighted by molar-refractivity contribution is 0.0662. The molecule has 0 unspecified atom stereocenters. The van der Waals surface area contributed by atoms with E-state index < -0.39 is 0 Å². The van der Waals surface area contributed by atoms with Gasteiger partial charge in [0.2, 0.25) is 5.95 Å². The molecule has 9 heteroatoms. The Morgan fingerprint density at radius 1 is 1.31 bits per heavy atom. The van der Waals surface area contributed by atoms with Gasteiger partial charge in [-0.3, -0.25) is 9.48 Å². The van der Waals surface area contributed by atoms with Gasteiger partial charge >= 0.3 is 0 Å². The van der Waals surface area contributed by atoms with E-state index in [1.54, 1.807) is 43.6 Å². The standard InChI is InChI=1S/C23H23ClN6O2/c1-15(11-25)10-21(31)16-2-4-17(5-3-16)22-20(24)13-26-23(29-22)28-18-12-27-30(14-18)19-6-8-32-9-7-19/h2-5,12-15,19H,6-10H2,1H3,(H,26,28,29)/t15-/m1/s1. The van der Waals surface area contributed by atoms with Gasteiger partial charge in [0, 0.05) is 37.0 Å². The van der Waals surface area contributed by atoms with Crippen molar-refractivity contribution < 1.29 is 9.53 Å². The molecular formula is C23H23ClN6O2. The molecule has 2 aromatic heterocycles. The van der Waals surface area contributed by atoms with Crippen molar-refractivity contribution >= 4 is 29.0 Å². The first kappa shape index (κ1) is 21.9. The number of hydrogen-bond acceptors (Lipinski definition) is 7. The van der Waals surface area contributed by atoms with E-state index in [4.69, 9.17) is 21.6 Å². The molecule has 0 spiro atoms. The van der Waals surface area contributed by atoms with Crippen molar-refractivity contribution in [1.29, 1.82) is 5.26 Å². The van der Waals surface area contributed by atoms with Crippen molar-refractivity contribution in [1.82, 2.24) is 19.7 Å². The van der Waals surface area contributed by atoms with Crippen molar-refractivity contribution in [2.24, 2.45) is 5.92 Å². The Labute approximate surface area is 191 Å². The van der Waals surface area contributed by atoms with Crippen molar-refractivity contribution in [3.63, 3.8) is 0 Å². The number of halogens is 1. The average Bonchev–Trinajstić information content (AvgIpc) is 3.29. The lowest BCUT2D eigenvalue weighted by atomic mass is 9.99. The van der Waals surface area contributed by atoms with Crippen molar-refractivity contribution in [3.05, 3.63) is 53.4 Å². The Balaban J connectivity index is 1.49. The normalized spacial score (nSPS) is 15.2. The molecule has 1 N–H and O–H groups in total. The molecule has 1 aliphatic heterocycles. The van der Waals surface area contributed by atoms with Crippen LogP contribution in [0.1, 0.15) is 42.6 Å². The van der Waals surface area contributed by atoms with Gasteiger partial charge in [-0.25, -0.2) is 9.97 Å². The summed E-state index contributed by atoms with van der Waals surface area (Å²) >= 11 is 6.35. The van der Waals surface area contributed by atoms with E-state index in [0.717, 1.165) is 37.3 Å². The number of carbonyl (C=O) groups is 1. The zero-order valence-electron chi connectivity index (χ0n) is 17.7. The van der Waals surface area contributed by atoms with Crippen LogP contribution in [0, 0.1) is 17.2 Å². The molecule has 3 heterocycles. The zero-order valence-corrected chi connectivity index (χ0v) is 18.4. The van der Waals surface area contributed by atoms with Crippen LogP contribution in [0.15, 0.2) is 42.9 Å². The molecule has 1 atom stereocenters. The Bertz CT molecular complexity index is 1130. The van der Waals surface area contributed by atoms with Gasteiger partial charge < -0.3 is 10.1 Å². The molecule has 0 aliphatic carbocycles. The van der Waals surface area contributed by atoms with Crippen molar-refractivity contribution in [3.8, 4) is 17.3 Å². The maximum Gasteiger partial charge on any atom is 0.227 e. The Morgan fingerprint density at radius 2 is 2.06 bits per heavy atom. The molecule has 1 aromatic carbocycles. The van der Waals surface area contributed by atoms with Crippen LogP contribution in [-0.4, -0.2) is 38.7 Å². The zero-order chi connectivity index (χ0) is 22.5. The highest BCUT2D eigenvalue weighted by Gasteiger charge is 2.17. The predicted molar refractivity (Wildman–Crippen MR) is 121 cm³/mol. The van der Waals surface area contributed by atoms with Crippen LogP contribution >= 0.6 is 11.6 Å². The number of nitrogens with one attached hydrogen (secondary N) is 1. The number of aromatic nitrogens is 4. The maximum absolute atomic E-state index is 12.3. The second-order valence-corrected chi connectivity index (χ2v) is 8.21. The summed E-state index contributed by atoms with van der Waals surface area (Å²) in [4.78, 5) is 21.1. The van der Waals surface area contributed by atoms with Crippen LogP contribution in [-0.2, 0) is 4.74 Å². The van der Waals surface area contributed by atoms with Gasteiger partial charge in [0.15, 0.2) is 5.78 Å². The smallest absolute Gasteiger partial charge is 0.227 e. The summed E-state index contributed by atoms with van der Waals surface area (Å²) in [7, 11) is 0. The molecule has 1 fully saturated rings. The summed E-state index contributed by atoms with van der Waals surface area (Å²) in [6.07, 6.45) is 7.31. The van der Waals surface area contributed by atoms with Crippen molar-refractivity contribution in [2.75, 3.05) is 18.5 Å². The minimum atomic E-state index is -0.317. The molecule has 0 amide bonds. The van der Waals surface area contributed by atoms with Crippen molar-refractivity contribution in [2.45, 2.75) is 32.2 Å². The van der Waals surface area contributed by atoms with E-state index in [1.165, 1.54) is 0 Å². The van der Waals surface area contributed by atoms with E-state index in [1.807, 2.05) is 10.9 Å². The number of Topliss-reactive ketones (excluding diaryl/α,β-unsaturated/α-hetero) is 1. The fourth-order valence-electron chi connectivity index (χ4n) is 3.57. The molecule has 8 nitrogen and oxygen atoms in total. The molecule has 4 rings (SSSR count). The minimum Gasteiger partial charge on any atom is -0.381 e. The summed E-state index contributed by atoms with van der Waals surface area (Å²) in [6.45, 7) is 3.23. The number of anilines is 2. The summed E-state index contributed by atoms with van der Waals surface area (Å²) in [5.41, 5.74) is 2.67. The van der Waals surface area contributed by atoms with E-state index in [0.29, 0.717) is 28.3 Å². The topological polar surface area (TPSA) is 106 Å². The third-order valence-electron chi connectivity index (χ3n) is 5.36. The van der Waals surface area contributed by atoms with Crippen LogP contribution in [0.2, 0.25) is 5.02 Å². The monoisotopic (exact) mass is 450 g/mol. The van der Waals surface area contributed by atoms with Gasteiger partial charge in [0.05, 0.1) is 46.8 Å². The summed E-state index contributed by atoms with van der Waals surface area (Å²) in [6, 6.07) is 9.46. The lowest BCUT2D eigenvalue weighted by Gasteiger charge is -2.22. The molecule has 164 valence electrons. The maximum atomic E-state index is 12.3. The third kappa shape index (κ3) is 5.13. The first-order valence-electron chi connectivity index (χ1n) is 10.5. The molecule has 0 radical (unpaired) electrons. The number of benzene rings is 1. The Morgan fingerprint density at radius 3 is 2.78 bits per heavy atom. The van der Waals surface area contributed by atoms with Crippen LogP contribution in [0.5, 0.6) is 0 Å². The van der Waals surface area contributed by atoms with Crippen LogP contribution in [0.4, 0.5) is 11.6 Å². The molecule has 32 heavy (non-hydrogen) atoms. The van der Waals surface area contributed by atoms with E-state index >= 15 is 0 Å². The van der Waals surface area contributed by atoms with Gasteiger partial charge in [-0.1, -0.05) is 35.9 Å². The minimum absolute atomic E-state index is 0.0664. The number of ketones is 1. The molecule has 3 aromatic rings. The Hall–Kier alpha value is -3.28. The van der Waals surface area contributed by atoms with Gasteiger partial charge in [0.1, 0.15) is 0 Å². The number of carbonyl (C=O) groups excluding carboxylic acids is 1. The van der Waals surface area contributed by atoms with Gasteiger partial charge in [0.25, 0.3) is 0 Å². The van der Waals surface area contributed by atoms with E-state index in [2.05, 4.69) is 26.5 Å². The van der Waals surface area contributed by atoms with E-state index in [9.17, 15) is 4.79 Å². The second-order valence-electron chi connectivity index (χ2n) is 7.80. The summed E-state index contributed by atoms with van der Waals surface area (Å²) in [5, 5.41) is 16.9. The summed E-state index contributed by atoms with van der Waals surface area (Å²) < 4.78 is 7.36. The number of hydrogen-bond donors (Lipinski definition) is 1. The van der Waals surface area contributed by atoms with Crippen LogP contribution in [0.25, 0.3) is 11.3 Å². The predicted octanol–water partition coefficient (Wildman–Crippen LogP) is 4.82. The largest absolute Gasteiger partial charge is 0.381 e. The SMILES string of the molecule is C[C@@H](C#N)CC(=O)c1ccc(-c2nc(Nc3cnn(C4CCOCC4)c3)ncc2Cl)cc1. The highest BCUT2D eigenvalue weighted by atomic mass is 35.5. The van der Waals surface area contributed by atoms with E-state index in [-0.39, 0.29) is 18.1 Å². The first-order valence-corrected chi connectivity index (χ1v) is 10.9. The summed E-state index contributed by atoms with van der Waals surface area (Å²) in [5.74, 6) is 0.0186.